The van der Waals surface area contributed by atoms with Crippen LogP contribution < -0.4 is 5.32 Å². The number of aromatic nitrogens is 2. The topological polar surface area (TPSA) is 29.9 Å². The van der Waals surface area contributed by atoms with Crippen molar-refractivity contribution in [2.24, 2.45) is 0 Å². The SMILES string of the molecule is CC1CCC(n2cc(C(F)(F)F)cn2)CN1. The quantitative estimate of drug-likeness (QED) is 0.806. The maximum Gasteiger partial charge on any atom is 0.419 e. The van der Waals surface area contributed by atoms with Gasteiger partial charge in [0.1, 0.15) is 0 Å². The van der Waals surface area contributed by atoms with E-state index in [9.17, 15) is 13.2 Å². The summed E-state index contributed by atoms with van der Waals surface area (Å²) < 4.78 is 38.5. The van der Waals surface area contributed by atoms with Gasteiger partial charge >= 0.3 is 6.18 Å². The Morgan fingerprint density at radius 1 is 1.44 bits per heavy atom. The third-order valence-electron chi connectivity index (χ3n) is 2.94. The molecule has 0 radical (unpaired) electrons. The molecule has 2 rings (SSSR count). The third kappa shape index (κ3) is 2.37. The van der Waals surface area contributed by atoms with Crippen molar-refractivity contribution in [2.75, 3.05) is 6.54 Å². The van der Waals surface area contributed by atoms with Gasteiger partial charge in [0.05, 0.1) is 17.8 Å². The molecule has 6 heteroatoms. The molecule has 2 heterocycles. The van der Waals surface area contributed by atoms with Crippen LogP contribution in [0.3, 0.4) is 0 Å². The lowest BCUT2D eigenvalue weighted by Crippen LogP contribution is -2.38. The fourth-order valence-electron chi connectivity index (χ4n) is 1.89. The van der Waals surface area contributed by atoms with Gasteiger partial charge in [-0.25, -0.2) is 0 Å². The largest absolute Gasteiger partial charge is 0.419 e. The molecule has 0 spiro atoms. The van der Waals surface area contributed by atoms with Crippen LogP contribution in [0.2, 0.25) is 0 Å². The van der Waals surface area contributed by atoms with E-state index in [4.69, 9.17) is 0 Å². The minimum Gasteiger partial charge on any atom is -0.312 e. The second-order valence-corrected chi connectivity index (χ2v) is 4.25. The smallest absolute Gasteiger partial charge is 0.312 e. The van der Waals surface area contributed by atoms with Crippen LogP contribution in [0, 0.1) is 0 Å². The lowest BCUT2D eigenvalue weighted by Gasteiger charge is -2.27. The highest BCUT2D eigenvalue weighted by atomic mass is 19.4. The predicted molar refractivity (Wildman–Crippen MR) is 53.0 cm³/mol. The molecule has 0 aromatic carbocycles. The van der Waals surface area contributed by atoms with Crippen LogP contribution >= 0.6 is 0 Å². The van der Waals surface area contributed by atoms with Crippen LogP contribution in [0.4, 0.5) is 13.2 Å². The van der Waals surface area contributed by atoms with Crippen molar-refractivity contribution in [1.29, 1.82) is 0 Å². The molecule has 3 nitrogen and oxygen atoms in total. The van der Waals surface area contributed by atoms with E-state index in [0.717, 1.165) is 25.2 Å². The first kappa shape index (κ1) is 11.4. The standard InChI is InChI=1S/C10H14F3N3/c1-7-2-3-9(5-14-7)16-6-8(4-15-16)10(11,12)13/h4,6-7,9,14H,2-3,5H2,1H3. The molecular formula is C10H14F3N3. The van der Waals surface area contributed by atoms with Gasteiger partial charge in [0.25, 0.3) is 0 Å². The molecule has 1 aromatic heterocycles. The number of nitrogens with zero attached hydrogens (tertiary/aromatic N) is 2. The Morgan fingerprint density at radius 3 is 2.69 bits per heavy atom. The molecular weight excluding hydrogens is 219 g/mol. The summed E-state index contributed by atoms with van der Waals surface area (Å²) >= 11 is 0. The summed E-state index contributed by atoms with van der Waals surface area (Å²) in [5, 5.41) is 7.02. The molecule has 0 bridgehead atoms. The van der Waals surface area contributed by atoms with Crippen LogP contribution in [-0.4, -0.2) is 22.4 Å². The first-order valence-electron chi connectivity index (χ1n) is 5.31. The summed E-state index contributed by atoms with van der Waals surface area (Å²) in [5.74, 6) is 0. The number of hydrogen-bond donors (Lipinski definition) is 1. The Morgan fingerprint density at radius 2 is 2.19 bits per heavy atom. The zero-order valence-corrected chi connectivity index (χ0v) is 8.96. The summed E-state index contributed by atoms with van der Waals surface area (Å²) in [6.45, 7) is 2.75. The van der Waals surface area contributed by atoms with Crippen molar-refractivity contribution in [3.05, 3.63) is 18.0 Å². The Kier molecular flexibility index (Phi) is 2.92. The van der Waals surface area contributed by atoms with Gasteiger partial charge < -0.3 is 5.32 Å². The molecule has 0 saturated carbocycles. The van der Waals surface area contributed by atoms with Crippen molar-refractivity contribution in [3.63, 3.8) is 0 Å². The highest BCUT2D eigenvalue weighted by molar-refractivity contribution is 5.09. The second kappa shape index (κ2) is 4.08. The van der Waals surface area contributed by atoms with Gasteiger partial charge in [-0.2, -0.15) is 18.3 Å². The Bertz CT molecular complexity index is 350. The molecule has 1 aliphatic rings. The van der Waals surface area contributed by atoms with E-state index in [-0.39, 0.29) is 6.04 Å². The van der Waals surface area contributed by atoms with E-state index >= 15 is 0 Å². The van der Waals surface area contributed by atoms with Gasteiger partial charge in [-0.1, -0.05) is 0 Å². The zero-order chi connectivity index (χ0) is 11.8. The summed E-state index contributed by atoms with van der Waals surface area (Å²) in [4.78, 5) is 0. The number of rotatable bonds is 1. The van der Waals surface area contributed by atoms with Crippen molar-refractivity contribution >= 4 is 0 Å². The van der Waals surface area contributed by atoms with Gasteiger partial charge in [-0.05, 0) is 19.8 Å². The fourth-order valence-corrected chi connectivity index (χ4v) is 1.89. The highest BCUT2D eigenvalue weighted by Crippen LogP contribution is 2.30. The highest BCUT2D eigenvalue weighted by Gasteiger charge is 2.33. The Hall–Kier alpha value is -1.04. The van der Waals surface area contributed by atoms with E-state index in [1.54, 1.807) is 0 Å². The van der Waals surface area contributed by atoms with Gasteiger partial charge in [-0.3, -0.25) is 4.68 Å². The molecule has 1 aliphatic heterocycles. The second-order valence-electron chi connectivity index (χ2n) is 4.25. The minimum atomic E-state index is -4.30. The molecule has 1 N–H and O–H groups in total. The lowest BCUT2D eigenvalue weighted by atomic mass is 10.0. The van der Waals surface area contributed by atoms with Crippen LogP contribution in [0.1, 0.15) is 31.4 Å². The van der Waals surface area contributed by atoms with Gasteiger partial charge in [0.2, 0.25) is 0 Å². The van der Waals surface area contributed by atoms with Crippen molar-refractivity contribution in [3.8, 4) is 0 Å². The molecule has 2 atom stereocenters. The molecule has 0 amide bonds. The van der Waals surface area contributed by atoms with Crippen molar-refractivity contribution < 1.29 is 13.2 Å². The molecule has 1 fully saturated rings. The number of hydrogen-bond acceptors (Lipinski definition) is 2. The van der Waals surface area contributed by atoms with Crippen LogP contribution in [-0.2, 0) is 6.18 Å². The average Bonchev–Trinajstić information content (AvgIpc) is 2.67. The van der Waals surface area contributed by atoms with Gasteiger partial charge in [-0.15, -0.1) is 0 Å². The van der Waals surface area contributed by atoms with Crippen molar-refractivity contribution in [2.45, 2.75) is 38.0 Å². The number of piperidine rings is 1. The van der Waals surface area contributed by atoms with Gasteiger partial charge in [0, 0.05) is 18.8 Å². The molecule has 2 unspecified atom stereocenters. The molecule has 0 aliphatic carbocycles. The zero-order valence-electron chi connectivity index (χ0n) is 8.96. The van der Waals surface area contributed by atoms with E-state index in [2.05, 4.69) is 17.3 Å². The monoisotopic (exact) mass is 233 g/mol. The number of alkyl halides is 3. The summed E-state index contributed by atoms with van der Waals surface area (Å²) in [6.07, 6.45) is -0.493. The van der Waals surface area contributed by atoms with E-state index in [0.29, 0.717) is 12.6 Å². The minimum absolute atomic E-state index is 0.0345. The van der Waals surface area contributed by atoms with E-state index in [1.165, 1.54) is 4.68 Å². The molecule has 1 saturated heterocycles. The van der Waals surface area contributed by atoms with E-state index < -0.39 is 11.7 Å². The van der Waals surface area contributed by atoms with Crippen LogP contribution in [0.15, 0.2) is 12.4 Å². The lowest BCUT2D eigenvalue weighted by molar-refractivity contribution is -0.137. The van der Waals surface area contributed by atoms with Crippen LogP contribution in [0.25, 0.3) is 0 Å². The van der Waals surface area contributed by atoms with E-state index in [1.807, 2.05) is 0 Å². The maximum absolute atomic E-state index is 12.4. The first-order chi connectivity index (χ1) is 7.47. The Labute approximate surface area is 91.6 Å². The third-order valence-corrected chi connectivity index (χ3v) is 2.94. The summed E-state index contributed by atoms with van der Waals surface area (Å²) in [7, 11) is 0. The fraction of sp³-hybridized carbons (Fsp3) is 0.700. The van der Waals surface area contributed by atoms with Crippen molar-refractivity contribution in [1.82, 2.24) is 15.1 Å². The Balaban J connectivity index is 2.08. The maximum atomic E-state index is 12.4. The average molecular weight is 233 g/mol. The number of halogens is 3. The molecule has 1 aromatic rings. The predicted octanol–water partition coefficient (Wildman–Crippen LogP) is 2.21. The molecule has 90 valence electrons. The van der Waals surface area contributed by atoms with Crippen LogP contribution in [0.5, 0.6) is 0 Å². The summed E-state index contributed by atoms with van der Waals surface area (Å²) in [6, 6.07) is 0.473. The normalized spacial score (nSPS) is 27.0. The molecule has 16 heavy (non-hydrogen) atoms. The van der Waals surface area contributed by atoms with Gasteiger partial charge in [0.15, 0.2) is 0 Å². The first-order valence-corrected chi connectivity index (χ1v) is 5.31. The number of nitrogens with one attached hydrogen (secondary N) is 1. The summed E-state index contributed by atoms with van der Waals surface area (Å²) in [5.41, 5.74) is -0.675.